The standard InChI is InChI=1S/C25H34O6/c1-21(2)30-19-13-22(3)18(12-23(19,4)31-21)24(29-15-17-8-6-5-7-9-17)16-26-20(24)14-25(22)27-10-11-28-25/h5-9,18-20H,10-16H2,1-4H3/t18-,19+,20-,22+,23-,24-/m1/s1. The van der Waals surface area contributed by atoms with Crippen molar-refractivity contribution < 1.29 is 28.4 Å². The fourth-order valence-electron chi connectivity index (χ4n) is 7.17. The van der Waals surface area contributed by atoms with Crippen molar-refractivity contribution in [3.63, 3.8) is 0 Å². The summed E-state index contributed by atoms with van der Waals surface area (Å²) in [5.41, 5.74) is 0.192. The Bertz CT molecular complexity index is 851. The molecule has 1 spiro atoms. The second kappa shape index (κ2) is 6.52. The van der Waals surface area contributed by atoms with Crippen LogP contribution < -0.4 is 0 Å². The van der Waals surface area contributed by atoms with Crippen LogP contribution in [0.2, 0.25) is 0 Å². The Morgan fingerprint density at radius 2 is 1.68 bits per heavy atom. The van der Waals surface area contributed by atoms with Gasteiger partial charge in [0.15, 0.2) is 11.6 Å². The van der Waals surface area contributed by atoms with Gasteiger partial charge in [0.05, 0.1) is 44.2 Å². The molecule has 5 aliphatic rings. The number of hydrogen-bond donors (Lipinski definition) is 0. The summed E-state index contributed by atoms with van der Waals surface area (Å²) in [4.78, 5) is 0. The molecule has 0 N–H and O–H groups in total. The Kier molecular flexibility index (Phi) is 4.33. The molecule has 2 saturated carbocycles. The van der Waals surface area contributed by atoms with Crippen LogP contribution >= 0.6 is 0 Å². The molecule has 3 saturated heterocycles. The molecule has 3 aliphatic heterocycles. The van der Waals surface area contributed by atoms with Crippen molar-refractivity contribution in [2.45, 2.75) is 88.5 Å². The molecule has 6 atom stereocenters. The zero-order valence-corrected chi connectivity index (χ0v) is 19.0. The Labute approximate surface area is 184 Å². The van der Waals surface area contributed by atoms with Crippen LogP contribution in [0.4, 0.5) is 0 Å². The first-order valence-electron chi connectivity index (χ1n) is 11.7. The monoisotopic (exact) mass is 430 g/mol. The number of rotatable bonds is 3. The van der Waals surface area contributed by atoms with Crippen LogP contribution in [0.3, 0.4) is 0 Å². The summed E-state index contributed by atoms with van der Waals surface area (Å²) in [5, 5.41) is 0. The van der Waals surface area contributed by atoms with Crippen molar-refractivity contribution in [1.29, 1.82) is 0 Å². The second-order valence-corrected chi connectivity index (χ2v) is 11.0. The van der Waals surface area contributed by atoms with Crippen molar-refractivity contribution in [3.05, 3.63) is 35.9 Å². The van der Waals surface area contributed by atoms with Crippen molar-refractivity contribution in [2.75, 3.05) is 19.8 Å². The lowest BCUT2D eigenvalue weighted by Crippen LogP contribution is -2.79. The molecule has 6 heteroatoms. The zero-order chi connectivity index (χ0) is 21.5. The average Bonchev–Trinajstić information content (AvgIpc) is 3.27. The first kappa shape index (κ1) is 20.6. The van der Waals surface area contributed by atoms with E-state index in [1.165, 1.54) is 5.56 Å². The second-order valence-electron chi connectivity index (χ2n) is 11.0. The molecular formula is C25H34O6. The molecule has 6 nitrogen and oxygen atoms in total. The van der Waals surface area contributed by atoms with Crippen LogP contribution in [-0.2, 0) is 35.0 Å². The van der Waals surface area contributed by atoms with Crippen LogP contribution in [0.1, 0.15) is 52.5 Å². The van der Waals surface area contributed by atoms with Crippen LogP contribution in [0, 0.1) is 11.3 Å². The molecular weight excluding hydrogens is 396 g/mol. The Balaban J connectivity index is 1.39. The quantitative estimate of drug-likeness (QED) is 0.727. The van der Waals surface area contributed by atoms with Gasteiger partial charge in [0.1, 0.15) is 5.60 Å². The molecule has 0 aromatic heterocycles. The lowest BCUT2D eigenvalue weighted by Gasteiger charge is -2.69. The highest BCUT2D eigenvalue weighted by atomic mass is 16.8. The Morgan fingerprint density at radius 3 is 2.35 bits per heavy atom. The van der Waals surface area contributed by atoms with Gasteiger partial charge in [-0.25, -0.2) is 0 Å². The molecule has 1 aromatic rings. The zero-order valence-electron chi connectivity index (χ0n) is 19.0. The van der Waals surface area contributed by atoms with Crippen LogP contribution in [0.5, 0.6) is 0 Å². The van der Waals surface area contributed by atoms with Gasteiger partial charge in [-0.05, 0) is 39.2 Å². The van der Waals surface area contributed by atoms with E-state index >= 15 is 0 Å². The first-order valence-corrected chi connectivity index (χ1v) is 11.7. The van der Waals surface area contributed by atoms with E-state index in [1.807, 2.05) is 19.9 Å². The lowest BCUT2D eigenvalue weighted by molar-refractivity contribution is -0.404. The molecule has 3 heterocycles. The van der Waals surface area contributed by atoms with Gasteiger partial charge < -0.3 is 28.4 Å². The van der Waals surface area contributed by atoms with Crippen molar-refractivity contribution in [2.24, 2.45) is 11.3 Å². The summed E-state index contributed by atoms with van der Waals surface area (Å²) >= 11 is 0. The summed E-state index contributed by atoms with van der Waals surface area (Å²) < 4.78 is 38.6. The van der Waals surface area contributed by atoms with Gasteiger partial charge in [0, 0.05) is 17.8 Å². The van der Waals surface area contributed by atoms with Gasteiger partial charge in [-0.15, -0.1) is 0 Å². The topological polar surface area (TPSA) is 55.4 Å². The molecule has 170 valence electrons. The van der Waals surface area contributed by atoms with Gasteiger partial charge >= 0.3 is 0 Å². The smallest absolute Gasteiger partial charge is 0.176 e. The lowest BCUT2D eigenvalue weighted by atomic mass is 9.47. The van der Waals surface area contributed by atoms with E-state index in [0.717, 1.165) is 12.8 Å². The maximum Gasteiger partial charge on any atom is 0.176 e. The van der Waals surface area contributed by atoms with E-state index in [1.54, 1.807) is 0 Å². The summed E-state index contributed by atoms with van der Waals surface area (Å²) in [7, 11) is 0. The number of benzene rings is 1. The third-order valence-corrected chi connectivity index (χ3v) is 8.65. The van der Waals surface area contributed by atoms with E-state index in [4.69, 9.17) is 28.4 Å². The fraction of sp³-hybridized carbons (Fsp3) is 0.760. The van der Waals surface area contributed by atoms with E-state index in [-0.39, 0.29) is 34.7 Å². The predicted molar refractivity (Wildman–Crippen MR) is 112 cm³/mol. The Hall–Kier alpha value is -1.02. The van der Waals surface area contributed by atoms with Crippen molar-refractivity contribution in [3.8, 4) is 0 Å². The molecule has 0 unspecified atom stereocenters. The third-order valence-electron chi connectivity index (χ3n) is 8.65. The highest BCUT2D eigenvalue weighted by Gasteiger charge is 2.77. The molecule has 0 bridgehead atoms. The summed E-state index contributed by atoms with van der Waals surface area (Å²) in [6.45, 7) is 11.0. The third kappa shape index (κ3) is 2.79. The summed E-state index contributed by atoms with van der Waals surface area (Å²) in [6.07, 6.45) is 2.31. The summed E-state index contributed by atoms with van der Waals surface area (Å²) in [6, 6.07) is 10.4. The van der Waals surface area contributed by atoms with E-state index in [0.29, 0.717) is 32.8 Å². The van der Waals surface area contributed by atoms with Gasteiger partial charge in [-0.3, -0.25) is 0 Å². The van der Waals surface area contributed by atoms with Crippen LogP contribution in [0.15, 0.2) is 30.3 Å². The Morgan fingerprint density at radius 1 is 0.935 bits per heavy atom. The van der Waals surface area contributed by atoms with E-state index in [2.05, 4.69) is 38.1 Å². The number of fused-ring (bicyclic) bond motifs is 5. The maximum absolute atomic E-state index is 6.81. The number of ether oxygens (including phenoxy) is 6. The highest BCUT2D eigenvalue weighted by molar-refractivity contribution is 5.23. The number of hydrogen-bond acceptors (Lipinski definition) is 6. The normalized spacial score (nSPS) is 46.8. The molecule has 31 heavy (non-hydrogen) atoms. The maximum atomic E-state index is 6.81. The van der Waals surface area contributed by atoms with E-state index < -0.39 is 11.6 Å². The van der Waals surface area contributed by atoms with Crippen molar-refractivity contribution >= 4 is 0 Å². The first-order chi connectivity index (χ1) is 14.7. The molecule has 1 aromatic carbocycles. The van der Waals surface area contributed by atoms with E-state index in [9.17, 15) is 0 Å². The SMILES string of the molecule is CC1(C)O[C@H]2C[C@@]3(C)[C@@H](C[C@@]2(C)O1)[C@]1(OCc2ccccc2)CO[C@@H]1CC31OCCO1. The van der Waals surface area contributed by atoms with Gasteiger partial charge in [-0.1, -0.05) is 37.3 Å². The van der Waals surface area contributed by atoms with Gasteiger partial charge in [-0.2, -0.15) is 0 Å². The minimum Gasteiger partial charge on any atom is -0.372 e. The van der Waals surface area contributed by atoms with Crippen molar-refractivity contribution in [1.82, 2.24) is 0 Å². The fourth-order valence-corrected chi connectivity index (χ4v) is 7.17. The molecule has 0 radical (unpaired) electrons. The molecule has 6 rings (SSSR count). The molecule has 5 fully saturated rings. The molecule has 2 aliphatic carbocycles. The van der Waals surface area contributed by atoms with Crippen LogP contribution in [0.25, 0.3) is 0 Å². The highest BCUT2D eigenvalue weighted by Crippen LogP contribution is 2.68. The summed E-state index contributed by atoms with van der Waals surface area (Å²) in [5.74, 6) is -1.07. The minimum absolute atomic E-state index is 0.00265. The average molecular weight is 431 g/mol. The van der Waals surface area contributed by atoms with Gasteiger partial charge in [0.2, 0.25) is 0 Å². The predicted octanol–water partition coefficient (Wildman–Crippen LogP) is 3.81. The largest absolute Gasteiger partial charge is 0.372 e. The minimum atomic E-state index is -0.653. The van der Waals surface area contributed by atoms with Gasteiger partial charge in [0.25, 0.3) is 0 Å². The van der Waals surface area contributed by atoms with Crippen LogP contribution in [-0.4, -0.2) is 54.8 Å². The molecule has 0 amide bonds.